The van der Waals surface area contributed by atoms with Gasteiger partial charge < -0.3 is 10.2 Å². The van der Waals surface area contributed by atoms with Crippen molar-refractivity contribution in [1.82, 2.24) is 25.2 Å². The number of amides is 1. The first-order valence-electron chi connectivity index (χ1n) is 9.32. The van der Waals surface area contributed by atoms with Crippen molar-refractivity contribution in [2.45, 2.75) is 51.2 Å². The van der Waals surface area contributed by atoms with E-state index in [9.17, 15) is 9.18 Å². The molecule has 0 atom stereocenters. The highest BCUT2D eigenvalue weighted by atomic mass is 35.5. The number of halogens is 2. The molecule has 1 N–H and O–H groups in total. The van der Waals surface area contributed by atoms with Crippen LogP contribution in [0.1, 0.15) is 53.5 Å². The molecule has 1 aromatic carbocycles. The second-order valence-electron chi connectivity index (χ2n) is 7.20. The van der Waals surface area contributed by atoms with Crippen LogP contribution in [-0.4, -0.2) is 44.9 Å². The van der Waals surface area contributed by atoms with Crippen molar-refractivity contribution in [2.75, 3.05) is 13.1 Å². The van der Waals surface area contributed by atoms with Crippen LogP contribution >= 0.6 is 12.4 Å². The Morgan fingerprint density at radius 1 is 1.26 bits per heavy atom. The van der Waals surface area contributed by atoms with Crippen molar-refractivity contribution in [1.29, 1.82) is 0 Å². The number of hydrogen-bond donors (Lipinski definition) is 1. The Balaban J connectivity index is 0.00000210. The molecule has 1 aromatic heterocycles. The number of carbonyl (C=O) groups is 1. The Hall–Kier alpha value is -1.99. The smallest absolute Gasteiger partial charge is 0.276 e. The summed E-state index contributed by atoms with van der Waals surface area (Å²) in [5, 5.41) is 11.8. The van der Waals surface area contributed by atoms with Crippen LogP contribution in [0.3, 0.4) is 0 Å². The molecule has 146 valence electrons. The maximum absolute atomic E-state index is 14.0. The molecule has 0 spiro atoms. The molecule has 0 radical (unpaired) electrons. The minimum Gasteiger partial charge on any atom is -0.330 e. The van der Waals surface area contributed by atoms with Gasteiger partial charge in [0.1, 0.15) is 5.82 Å². The summed E-state index contributed by atoms with van der Waals surface area (Å²) in [6, 6.07) is 7.08. The molecule has 1 saturated carbocycles. The van der Waals surface area contributed by atoms with E-state index in [4.69, 9.17) is 0 Å². The van der Waals surface area contributed by atoms with Gasteiger partial charge in [0.2, 0.25) is 0 Å². The van der Waals surface area contributed by atoms with Gasteiger partial charge in [-0.05, 0) is 51.8 Å². The molecule has 0 unspecified atom stereocenters. The summed E-state index contributed by atoms with van der Waals surface area (Å²) in [5.41, 5.74) is 1.74. The lowest BCUT2D eigenvalue weighted by atomic mass is 10.1. The molecule has 2 heterocycles. The van der Waals surface area contributed by atoms with Gasteiger partial charge in [0.15, 0.2) is 5.69 Å². The summed E-state index contributed by atoms with van der Waals surface area (Å²) in [6.45, 7) is 4.09. The molecule has 1 aliphatic carbocycles. The van der Waals surface area contributed by atoms with Crippen molar-refractivity contribution in [3.63, 3.8) is 0 Å². The van der Waals surface area contributed by atoms with Gasteiger partial charge in [0.25, 0.3) is 5.91 Å². The molecule has 1 amide bonds. The fraction of sp³-hybridized carbons (Fsp3) is 0.526. The minimum atomic E-state index is -0.277. The van der Waals surface area contributed by atoms with Crippen LogP contribution < -0.4 is 5.32 Å². The van der Waals surface area contributed by atoms with Crippen LogP contribution in [0.5, 0.6) is 0 Å². The number of benzene rings is 1. The molecule has 2 aliphatic rings. The van der Waals surface area contributed by atoms with Crippen molar-refractivity contribution in [3.05, 3.63) is 47.0 Å². The van der Waals surface area contributed by atoms with Crippen molar-refractivity contribution < 1.29 is 9.18 Å². The highest BCUT2D eigenvalue weighted by molar-refractivity contribution is 5.93. The van der Waals surface area contributed by atoms with E-state index in [0.717, 1.165) is 44.5 Å². The first-order chi connectivity index (χ1) is 12.6. The van der Waals surface area contributed by atoms with Crippen molar-refractivity contribution in [2.24, 2.45) is 0 Å². The average molecular weight is 394 g/mol. The van der Waals surface area contributed by atoms with Crippen LogP contribution in [-0.2, 0) is 6.54 Å². The predicted octanol–water partition coefficient (Wildman–Crippen LogP) is 2.88. The lowest BCUT2D eigenvalue weighted by Crippen LogP contribution is -2.34. The zero-order valence-corrected chi connectivity index (χ0v) is 16.2. The zero-order valence-electron chi connectivity index (χ0n) is 15.4. The van der Waals surface area contributed by atoms with Gasteiger partial charge in [-0.15, -0.1) is 17.5 Å². The summed E-state index contributed by atoms with van der Waals surface area (Å²) in [6.07, 6.45) is 3.89. The Kier molecular flexibility index (Phi) is 6.11. The van der Waals surface area contributed by atoms with Crippen LogP contribution in [0.15, 0.2) is 24.3 Å². The number of aromatic nitrogens is 3. The van der Waals surface area contributed by atoms with E-state index in [-0.39, 0.29) is 42.8 Å². The standard InChI is InChI=1S/C19H24FN5O.ClH/c1-13-18(22-23-25(13)16-8-10-21-11-9-16)19(26)24(15-6-7-15)12-14-4-2-3-5-17(14)20;/h2-5,15-16,21H,6-12H2,1H3;1H. The molecule has 1 aliphatic heterocycles. The third-order valence-corrected chi connectivity index (χ3v) is 5.33. The highest BCUT2D eigenvalue weighted by Gasteiger charge is 2.36. The van der Waals surface area contributed by atoms with E-state index in [2.05, 4.69) is 15.6 Å². The third-order valence-electron chi connectivity index (χ3n) is 5.33. The number of nitrogens with one attached hydrogen (secondary N) is 1. The predicted molar refractivity (Wildman–Crippen MR) is 102 cm³/mol. The Morgan fingerprint density at radius 3 is 2.63 bits per heavy atom. The monoisotopic (exact) mass is 393 g/mol. The number of hydrogen-bond acceptors (Lipinski definition) is 4. The van der Waals surface area contributed by atoms with Crippen LogP contribution in [0.25, 0.3) is 0 Å². The molecular formula is C19H25ClFN5O. The lowest BCUT2D eigenvalue weighted by molar-refractivity contribution is 0.0721. The fourth-order valence-corrected chi connectivity index (χ4v) is 3.64. The Morgan fingerprint density at radius 2 is 1.96 bits per heavy atom. The van der Waals surface area contributed by atoms with Gasteiger partial charge in [0, 0.05) is 18.2 Å². The number of rotatable bonds is 5. The molecule has 8 heteroatoms. The SMILES string of the molecule is Cc1c(C(=O)N(Cc2ccccc2F)C2CC2)nnn1C1CCNCC1.Cl. The quantitative estimate of drug-likeness (QED) is 0.848. The second kappa shape index (κ2) is 8.35. The molecule has 27 heavy (non-hydrogen) atoms. The normalized spacial score (nSPS) is 17.4. The van der Waals surface area contributed by atoms with E-state index in [1.807, 2.05) is 11.6 Å². The van der Waals surface area contributed by atoms with E-state index in [1.54, 1.807) is 23.1 Å². The Bertz CT molecular complexity index is 801. The first kappa shape index (κ1) is 19.8. The number of piperidine rings is 1. The maximum atomic E-state index is 14.0. The van der Waals surface area contributed by atoms with Gasteiger partial charge in [0.05, 0.1) is 11.7 Å². The second-order valence-corrected chi connectivity index (χ2v) is 7.20. The van der Waals surface area contributed by atoms with Crippen LogP contribution in [0.4, 0.5) is 4.39 Å². The topological polar surface area (TPSA) is 63.1 Å². The molecule has 2 aromatic rings. The van der Waals surface area contributed by atoms with E-state index >= 15 is 0 Å². The van der Waals surface area contributed by atoms with E-state index in [0.29, 0.717) is 11.3 Å². The first-order valence-corrected chi connectivity index (χ1v) is 9.32. The lowest BCUT2D eigenvalue weighted by Gasteiger charge is -2.24. The summed E-state index contributed by atoms with van der Waals surface area (Å²) in [4.78, 5) is 14.9. The molecular weight excluding hydrogens is 369 g/mol. The largest absolute Gasteiger partial charge is 0.330 e. The van der Waals surface area contributed by atoms with Gasteiger partial charge in [-0.1, -0.05) is 23.4 Å². The number of nitrogens with zero attached hydrogens (tertiary/aromatic N) is 4. The number of carbonyl (C=O) groups excluding carboxylic acids is 1. The molecule has 4 rings (SSSR count). The summed E-state index contributed by atoms with van der Waals surface area (Å²) >= 11 is 0. The third kappa shape index (κ3) is 4.14. The van der Waals surface area contributed by atoms with Gasteiger partial charge >= 0.3 is 0 Å². The van der Waals surface area contributed by atoms with Crippen LogP contribution in [0.2, 0.25) is 0 Å². The zero-order chi connectivity index (χ0) is 18.1. The van der Waals surface area contributed by atoms with E-state index < -0.39 is 0 Å². The van der Waals surface area contributed by atoms with Gasteiger partial charge in [-0.25, -0.2) is 9.07 Å². The van der Waals surface area contributed by atoms with Gasteiger partial charge in [-0.3, -0.25) is 4.79 Å². The molecule has 2 fully saturated rings. The summed E-state index contributed by atoms with van der Waals surface area (Å²) < 4.78 is 15.9. The summed E-state index contributed by atoms with van der Waals surface area (Å²) in [7, 11) is 0. The molecule has 6 nitrogen and oxygen atoms in total. The van der Waals surface area contributed by atoms with Crippen LogP contribution in [0, 0.1) is 12.7 Å². The summed E-state index contributed by atoms with van der Waals surface area (Å²) in [5.74, 6) is -0.422. The van der Waals surface area contributed by atoms with Crippen molar-refractivity contribution in [3.8, 4) is 0 Å². The van der Waals surface area contributed by atoms with E-state index in [1.165, 1.54) is 6.07 Å². The highest BCUT2D eigenvalue weighted by Crippen LogP contribution is 2.31. The molecule has 0 bridgehead atoms. The fourth-order valence-electron chi connectivity index (χ4n) is 3.64. The maximum Gasteiger partial charge on any atom is 0.276 e. The molecule has 1 saturated heterocycles. The van der Waals surface area contributed by atoms with Gasteiger partial charge in [-0.2, -0.15) is 0 Å². The average Bonchev–Trinajstić information content (AvgIpc) is 3.43. The Labute approximate surface area is 164 Å². The van der Waals surface area contributed by atoms with Crippen molar-refractivity contribution >= 4 is 18.3 Å². The minimum absolute atomic E-state index is 0.